The van der Waals surface area contributed by atoms with Gasteiger partial charge < -0.3 is 5.32 Å². The molecular formula is C10H22FeN2. The first kappa shape index (κ1) is 15.5. The van der Waals surface area contributed by atoms with Gasteiger partial charge in [-0.3, -0.25) is 4.99 Å². The van der Waals surface area contributed by atoms with Crippen LogP contribution in [0.4, 0.5) is 0 Å². The van der Waals surface area contributed by atoms with Gasteiger partial charge in [-0.25, -0.2) is 0 Å². The Hall–Kier alpha value is -0.0105. The Morgan fingerprint density at radius 3 is 1.62 bits per heavy atom. The van der Waals surface area contributed by atoms with Gasteiger partial charge in [0.2, 0.25) is 0 Å². The topological polar surface area (TPSA) is 24.4 Å². The van der Waals surface area contributed by atoms with E-state index < -0.39 is 0 Å². The molecule has 13 heavy (non-hydrogen) atoms. The molecule has 0 aromatic carbocycles. The first-order chi connectivity index (χ1) is 5.10. The number of rotatable bonds is 0. The Balaban J connectivity index is 0. The van der Waals surface area contributed by atoms with Crippen LogP contribution in [0.5, 0.6) is 0 Å². The van der Waals surface area contributed by atoms with E-state index in [2.05, 4.69) is 51.9 Å². The van der Waals surface area contributed by atoms with Gasteiger partial charge in [0.25, 0.3) is 0 Å². The molecule has 1 N–H and O–H groups in total. The van der Waals surface area contributed by atoms with E-state index in [-0.39, 0.29) is 28.1 Å². The van der Waals surface area contributed by atoms with E-state index in [1.54, 1.807) is 0 Å². The van der Waals surface area contributed by atoms with Crippen LogP contribution in [0.15, 0.2) is 4.99 Å². The van der Waals surface area contributed by atoms with Crippen molar-refractivity contribution in [2.24, 2.45) is 4.99 Å². The fourth-order valence-corrected chi connectivity index (χ4v) is 1.07. The molecule has 3 heteroatoms. The monoisotopic (exact) mass is 226 g/mol. The van der Waals surface area contributed by atoms with Crippen LogP contribution in [0.1, 0.15) is 48.5 Å². The second-order valence-electron chi connectivity index (χ2n) is 5.24. The van der Waals surface area contributed by atoms with Crippen LogP contribution in [0.25, 0.3) is 0 Å². The standard InChI is InChI=1S/C10H22N2.Fe/c1-8(11-9(2,3)4)12-10(5,6)7;/h1-7H3,(H,11,12);. The predicted octanol–water partition coefficient (Wildman–Crippen LogP) is 2.59. The minimum Gasteiger partial charge on any atom is -0.369 e. The van der Waals surface area contributed by atoms with Gasteiger partial charge in [0.05, 0.1) is 11.4 Å². The Labute approximate surface area is 93.1 Å². The van der Waals surface area contributed by atoms with E-state index in [9.17, 15) is 0 Å². The quantitative estimate of drug-likeness (QED) is 0.383. The molecule has 0 bridgehead atoms. The van der Waals surface area contributed by atoms with Crippen LogP contribution in [0.3, 0.4) is 0 Å². The second-order valence-corrected chi connectivity index (χ2v) is 5.24. The van der Waals surface area contributed by atoms with Crippen molar-refractivity contribution in [2.75, 3.05) is 0 Å². The molecule has 2 nitrogen and oxygen atoms in total. The zero-order chi connectivity index (χ0) is 9.99. The smallest absolute Gasteiger partial charge is 0.0942 e. The summed E-state index contributed by atoms with van der Waals surface area (Å²) >= 11 is 0. The molecule has 0 spiro atoms. The van der Waals surface area contributed by atoms with Crippen LogP contribution in [-0.2, 0) is 17.1 Å². The fourth-order valence-electron chi connectivity index (χ4n) is 1.07. The number of nitrogens with one attached hydrogen (secondary N) is 1. The molecule has 0 rings (SSSR count). The van der Waals surface area contributed by atoms with E-state index in [0.717, 1.165) is 5.84 Å². The van der Waals surface area contributed by atoms with Gasteiger partial charge in [-0.1, -0.05) is 0 Å². The van der Waals surface area contributed by atoms with Crippen LogP contribution in [-0.4, -0.2) is 16.9 Å². The van der Waals surface area contributed by atoms with Crippen molar-refractivity contribution in [2.45, 2.75) is 59.5 Å². The van der Waals surface area contributed by atoms with Crippen molar-refractivity contribution in [1.82, 2.24) is 5.32 Å². The van der Waals surface area contributed by atoms with Crippen LogP contribution in [0.2, 0.25) is 0 Å². The third kappa shape index (κ3) is 12.0. The van der Waals surface area contributed by atoms with Crippen molar-refractivity contribution in [3.63, 3.8) is 0 Å². The van der Waals surface area contributed by atoms with Crippen molar-refractivity contribution in [1.29, 1.82) is 0 Å². The number of hydrogen-bond acceptors (Lipinski definition) is 1. The molecule has 80 valence electrons. The van der Waals surface area contributed by atoms with Crippen molar-refractivity contribution >= 4 is 5.84 Å². The third-order valence-corrected chi connectivity index (χ3v) is 1.06. The second kappa shape index (κ2) is 5.02. The van der Waals surface area contributed by atoms with Crippen molar-refractivity contribution < 1.29 is 17.1 Å². The van der Waals surface area contributed by atoms with E-state index in [1.807, 2.05) is 6.92 Å². The average Bonchev–Trinajstić information content (AvgIpc) is 1.49. The van der Waals surface area contributed by atoms with Crippen molar-refractivity contribution in [3.8, 4) is 0 Å². The largest absolute Gasteiger partial charge is 0.369 e. The first-order valence-corrected chi connectivity index (χ1v) is 4.45. The van der Waals surface area contributed by atoms with E-state index in [4.69, 9.17) is 0 Å². The maximum Gasteiger partial charge on any atom is 0.0942 e. The van der Waals surface area contributed by atoms with Gasteiger partial charge in [-0.05, 0) is 48.5 Å². The molecule has 0 fully saturated rings. The zero-order valence-corrected chi connectivity index (χ0v) is 10.9. The van der Waals surface area contributed by atoms with Crippen molar-refractivity contribution in [3.05, 3.63) is 0 Å². The summed E-state index contributed by atoms with van der Waals surface area (Å²) in [6.45, 7) is 14.7. The maximum atomic E-state index is 4.50. The number of hydrogen-bond donors (Lipinski definition) is 1. The maximum absolute atomic E-state index is 4.50. The van der Waals surface area contributed by atoms with E-state index >= 15 is 0 Å². The summed E-state index contributed by atoms with van der Waals surface area (Å²) in [5.74, 6) is 1.01. The van der Waals surface area contributed by atoms with Gasteiger partial charge in [0.15, 0.2) is 0 Å². The van der Waals surface area contributed by atoms with Crippen LogP contribution >= 0.6 is 0 Å². The Morgan fingerprint density at radius 1 is 1.00 bits per heavy atom. The summed E-state index contributed by atoms with van der Waals surface area (Å²) in [4.78, 5) is 4.50. The van der Waals surface area contributed by atoms with Gasteiger partial charge in [-0.15, -0.1) is 0 Å². The molecule has 0 saturated heterocycles. The predicted molar refractivity (Wildman–Crippen MR) is 55.8 cm³/mol. The Kier molecular flexibility index (Phi) is 5.97. The molecule has 0 heterocycles. The summed E-state index contributed by atoms with van der Waals surface area (Å²) in [7, 11) is 0. The average molecular weight is 226 g/mol. The number of nitrogens with zero attached hydrogens (tertiary/aromatic N) is 1. The third-order valence-electron chi connectivity index (χ3n) is 1.06. The molecule has 0 atom stereocenters. The van der Waals surface area contributed by atoms with E-state index in [0.29, 0.717) is 0 Å². The normalized spacial score (nSPS) is 13.6. The fraction of sp³-hybridized carbons (Fsp3) is 0.900. The molecule has 0 aliphatic heterocycles. The summed E-state index contributed by atoms with van der Waals surface area (Å²) in [5, 5.41) is 3.33. The Morgan fingerprint density at radius 2 is 1.38 bits per heavy atom. The van der Waals surface area contributed by atoms with Gasteiger partial charge in [0.1, 0.15) is 0 Å². The molecule has 0 aliphatic rings. The molecule has 0 amide bonds. The number of aliphatic imine (C=N–C) groups is 1. The van der Waals surface area contributed by atoms with Gasteiger partial charge >= 0.3 is 0 Å². The van der Waals surface area contributed by atoms with Gasteiger partial charge in [0, 0.05) is 22.6 Å². The molecule has 0 radical (unpaired) electrons. The molecule has 0 aliphatic carbocycles. The summed E-state index contributed by atoms with van der Waals surface area (Å²) in [6, 6.07) is 0. The molecule has 0 unspecified atom stereocenters. The molecule has 0 saturated carbocycles. The minimum absolute atomic E-state index is 0. The zero-order valence-electron chi connectivity index (χ0n) is 9.80. The number of amidine groups is 1. The summed E-state index contributed by atoms with van der Waals surface area (Å²) in [6.07, 6.45) is 0. The van der Waals surface area contributed by atoms with Crippen LogP contribution < -0.4 is 5.32 Å². The Bertz CT molecular complexity index is 172. The molecule has 0 aromatic heterocycles. The molecule has 0 aromatic rings. The SMILES string of the molecule is CC(=NC(C)(C)C)NC(C)(C)C.[Fe]. The molecular weight excluding hydrogens is 204 g/mol. The van der Waals surface area contributed by atoms with Crippen LogP contribution in [0, 0.1) is 0 Å². The van der Waals surface area contributed by atoms with Gasteiger partial charge in [-0.2, -0.15) is 0 Å². The summed E-state index contributed by atoms with van der Waals surface area (Å²) < 4.78 is 0. The first-order valence-electron chi connectivity index (χ1n) is 4.45. The minimum atomic E-state index is 0. The van der Waals surface area contributed by atoms with E-state index in [1.165, 1.54) is 0 Å². The summed E-state index contributed by atoms with van der Waals surface area (Å²) in [5.41, 5.74) is 0.126.